The van der Waals surface area contributed by atoms with Gasteiger partial charge in [0.2, 0.25) is 5.88 Å². The van der Waals surface area contributed by atoms with Crippen molar-refractivity contribution in [2.75, 3.05) is 21.3 Å². The van der Waals surface area contributed by atoms with Crippen molar-refractivity contribution in [1.82, 2.24) is 0 Å². The number of hydrogen-bond acceptors (Lipinski definition) is 7. The van der Waals surface area contributed by atoms with Gasteiger partial charge in [-0.2, -0.15) is 5.26 Å². The average Bonchev–Trinajstić information content (AvgIpc) is 2.59. The molecule has 24 heavy (non-hydrogen) atoms. The summed E-state index contributed by atoms with van der Waals surface area (Å²) in [5, 5.41) is 9.51. The van der Waals surface area contributed by atoms with Gasteiger partial charge in [-0.25, -0.2) is 4.79 Å². The summed E-state index contributed by atoms with van der Waals surface area (Å²) in [6.45, 7) is 1.59. The van der Waals surface area contributed by atoms with Crippen molar-refractivity contribution in [2.45, 2.75) is 12.8 Å². The third-order valence-electron chi connectivity index (χ3n) is 3.76. The van der Waals surface area contributed by atoms with E-state index in [4.69, 9.17) is 24.7 Å². The average molecular weight is 330 g/mol. The number of carbonyl (C=O) groups is 1. The molecule has 0 radical (unpaired) electrons. The van der Waals surface area contributed by atoms with E-state index in [9.17, 15) is 10.1 Å². The molecular weight excluding hydrogens is 312 g/mol. The summed E-state index contributed by atoms with van der Waals surface area (Å²) in [7, 11) is 4.29. The van der Waals surface area contributed by atoms with E-state index in [0.29, 0.717) is 17.1 Å². The van der Waals surface area contributed by atoms with Crippen LogP contribution in [-0.2, 0) is 14.3 Å². The Labute approximate surface area is 139 Å². The van der Waals surface area contributed by atoms with Gasteiger partial charge < -0.3 is 24.7 Å². The fraction of sp³-hybridized carbons (Fsp3) is 0.294. The summed E-state index contributed by atoms with van der Waals surface area (Å²) in [6.07, 6.45) is 0. The zero-order chi connectivity index (χ0) is 17.9. The third-order valence-corrected chi connectivity index (χ3v) is 3.76. The van der Waals surface area contributed by atoms with Crippen molar-refractivity contribution in [3.05, 3.63) is 46.6 Å². The number of nitrogens with two attached hydrogens (primary N) is 1. The third kappa shape index (κ3) is 2.86. The first-order valence-corrected chi connectivity index (χ1v) is 7.07. The van der Waals surface area contributed by atoms with Crippen molar-refractivity contribution >= 4 is 5.97 Å². The van der Waals surface area contributed by atoms with Crippen LogP contribution in [0.2, 0.25) is 0 Å². The Morgan fingerprint density at radius 3 is 2.54 bits per heavy atom. The molecule has 126 valence electrons. The lowest BCUT2D eigenvalue weighted by Gasteiger charge is -2.27. The van der Waals surface area contributed by atoms with Crippen molar-refractivity contribution in [3.63, 3.8) is 0 Å². The fourth-order valence-corrected chi connectivity index (χ4v) is 2.62. The van der Waals surface area contributed by atoms with E-state index in [1.54, 1.807) is 25.1 Å². The maximum absolute atomic E-state index is 12.3. The minimum Gasteiger partial charge on any atom is -0.497 e. The lowest BCUT2D eigenvalue weighted by molar-refractivity contribution is -0.136. The van der Waals surface area contributed by atoms with Crippen LogP contribution < -0.4 is 15.2 Å². The molecule has 0 unspecified atom stereocenters. The number of ether oxygens (including phenoxy) is 4. The van der Waals surface area contributed by atoms with E-state index in [2.05, 4.69) is 0 Å². The molecule has 7 nitrogen and oxygen atoms in total. The number of nitrogens with zero attached hydrogens (tertiary/aromatic N) is 1. The fourth-order valence-electron chi connectivity index (χ4n) is 2.62. The molecule has 0 aliphatic carbocycles. The van der Waals surface area contributed by atoms with Crippen LogP contribution in [0.5, 0.6) is 11.5 Å². The highest BCUT2D eigenvalue weighted by atomic mass is 16.5. The van der Waals surface area contributed by atoms with E-state index in [0.717, 1.165) is 0 Å². The Bertz CT molecular complexity index is 774. The van der Waals surface area contributed by atoms with Gasteiger partial charge in [0.1, 0.15) is 28.9 Å². The summed E-state index contributed by atoms with van der Waals surface area (Å²) >= 11 is 0. The predicted octanol–water partition coefficient (Wildman–Crippen LogP) is 1.96. The molecule has 1 aromatic carbocycles. The molecule has 0 aromatic heterocycles. The molecule has 0 bridgehead atoms. The summed E-state index contributed by atoms with van der Waals surface area (Å²) in [4.78, 5) is 12.3. The van der Waals surface area contributed by atoms with Crippen LogP contribution in [0, 0.1) is 11.3 Å². The van der Waals surface area contributed by atoms with Gasteiger partial charge in [0.15, 0.2) is 0 Å². The first kappa shape index (κ1) is 17.2. The Balaban J connectivity index is 2.72. The number of esters is 1. The van der Waals surface area contributed by atoms with Crippen LogP contribution in [-0.4, -0.2) is 27.3 Å². The van der Waals surface area contributed by atoms with E-state index < -0.39 is 11.9 Å². The van der Waals surface area contributed by atoms with Crippen molar-refractivity contribution < 1.29 is 23.7 Å². The summed E-state index contributed by atoms with van der Waals surface area (Å²) in [6, 6.07) is 7.11. The molecule has 0 saturated carbocycles. The monoisotopic (exact) mass is 330 g/mol. The first-order valence-electron chi connectivity index (χ1n) is 7.07. The highest BCUT2D eigenvalue weighted by Gasteiger charge is 2.37. The van der Waals surface area contributed by atoms with Crippen LogP contribution >= 0.6 is 0 Å². The predicted molar refractivity (Wildman–Crippen MR) is 84.9 cm³/mol. The lowest BCUT2D eigenvalue weighted by Crippen LogP contribution is -2.25. The van der Waals surface area contributed by atoms with Gasteiger partial charge >= 0.3 is 5.97 Å². The number of rotatable bonds is 4. The number of benzene rings is 1. The number of allylic oxidation sites excluding steroid dienone is 2. The Kier molecular flexibility index (Phi) is 4.99. The number of methoxy groups -OCH3 is 3. The molecule has 0 amide bonds. The lowest BCUT2D eigenvalue weighted by atomic mass is 9.82. The zero-order valence-corrected chi connectivity index (χ0v) is 13.9. The van der Waals surface area contributed by atoms with Crippen LogP contribution in [0.15, 0.2) is 41.0 Å². The topological polar surface area (TPSA) is 104 Å². The minimum atomic E-state index is -0.753. The smallest absolute Gasteiger partial charge is 0.338 e. The molecule has 2 N–H and O–H groups in total. The molecule has 1 aromatic rings. The van der Waals surface area contributed by atoms with E-state index in [1.807, 2.05) is 6.07 Å². The highest BCUT2D eigenvalue weighted by Crippen LogP contribution is 2.43. The molecule has 1 atom stereocenters. The molecule has 0 saturated heterocycles. The molecule has 1 aliphatic rings. The van der Waals surface area contributed by atoms with E-state index in [-0.39, 0.29) is 22.8 Å². The normalized spacial score (nSPS) is 17.0. The molecule has 2 rings (SSSR count). The van der Waals surface area contributed by atoms with Gasteiger partial charge in [-0.05, 0) is 13.0 Å². The molecule has 1 aliphatic heterocycles. The van der Waals surface area contributed by atoms with Crippen LogP contribution in [0.1, 0.15) is 18.4 Å². The first-order chi connectivity index (χ1) is 11.5. The van der Waals surface area contributed by atoms with Gasteiger partial charge in [0, 0.05) is 11.6 Å². The summed E-state index contributed by atoms with van der Waals surface area (Å²) in [5.41, 5.74) is 6.74. The Morgan fingerprint density at radius 2 is 2.00 bits per heavy atom. The molecule has 0 spiro atoms. The zero-order valence-electron chi connectivity index (χ0n) is 13.9. The number of hydrogen-bond donors (Lipinski definition) is 1. The molecular formula is C17H18N2O5. The molecule has 0 fully saturated rings. The van der Waals surface area contributed by atoms with Crippen molar-refractivity contribution in [3.8, 4) is 17.6 Å². The van der Waals surface area contributed by atoms with Crippen molar-refractivity contribution in [1.29, 1.82) is 5.26 Å². The second-order valence-corrected chi connectivity index (χ2v) is 4.99. The number of carbonyl (C=O) groups excluding carboxylic acids is 1. The van der Waals surface area contributed by atoms with Crippen molar-refractivity contribution in [2.24, 2.45) is 5.73 Å². The van der Waals surface area contributed by atoms with Gasteiger partial charge in [-0.3, -0.25) is 0 Å². The Morgan fingerprint density at radius 1 is 1.29 bits per heavy atom. The molecule has 7 heteroatoms. The standard InChI is InChI=1S/C17H18N2O5/c1-9-14(17(20)23-4)15(12(8-18)16(19)24-9)11-6-5-10(21-2)7-13(11)22-3/h5-7,15H,19H2,1-4H3/t15-/m0/s1. The minimum absolute atomic E-state index is 0.0504. The second-order valence-electron chi connectivity index (χ2n) is 4.99. The summed E-state index contributed by atoms with van der Waals surface area (Å²) in [5.74, 6) is -0.0890. The Hall–Kier alpha value is -3.14. The largest absolute Gasteiger partial charge is 0.497 e. The van der Waals surface area contributed by atoms with Gasteiger partial charge in [-0.15, -0.1) is 0 Å². The second kappa shape index (κ2) is 6.96. The van der Waals surface area contributed by atoms with E-state index >= 15 is 0 Å². The van der Waals surface area contributed by atoms with E-state index in [1.165, 1.54) is 21.3 Å². The van der Waals surface area contributed by atoms with Gasteiger partial charge in [0.05, 0.1) is 32.8 Å². The molecule has 1 heterocycles. The number of nitriles is 1. The van der Waals surface area contributed by atoms with Gasteiger partial charge in [-0.1, -0.05) is 6.07 Å². The summed E-state index contributed by atoms with van der Waals surface area (Å²) < 4.78 is 20.8. The highest BCUT2D eigenvalue weighted by molar-refractivity contribution is 5.92. The quantitative estimate of drug-likeness (QED) is 0.841. The maximum atomic E-state index is 12.3. The van der Waals surface area contributed by atoms with Gasteiger partial charge in [0.25, 0.3) is 0 Å². The maximum Gasteiger partial charge on any atom is 0.338 e. The SMILES string of the molecule is COC(=O)C1=C(C)OC(N)=C(C#N)[C@@H]1c1ccc(OC)cc1OC. The van der Waals surface area contributed by atoms with Crippen LogP contribution in [0.25, 0.3) is 0 Å². The van der Waals surface area contributed by atoms with Crippen LogP contribution in [0.3, 0.4) is 0 Å². The van der Waals surface area contributed by atoms with Crippen LogP contribution in [0.4, 0.5) is 0 Å².